The molecule has 4 aromatic rings. The number of rotatable bonds is 9. The van der Waals surface area contributed by atoms with Crippen LogP contribution in [0.4, 0.5) is 5.82 Å². The van der Waals surface area contributed by atoms with E-state index in [1.807, 2.05) is 36.5 Å². The lowest BCUT2D eigenvalue weighted by Crippen LogP contribution is -2.51. The van der Waals surface area contributed by atoms with Gasteiger partial charge in [0.25, 0.3) is 0 Å². The van der Waals surface area contributed by atoms with Gasteiger partial charge in [0, 0.05) is 55.9 Å². The minimum absolute atomic E-state index is 0.638. The number of thiocarbonyl (C=S) groups is 1. The van der Waals surface area contributed by atoms with Crippen LogP contribution in [0.1, 0.15) is 24.8 Å². The summed E-state index contributed by atoms with van der Waals surface area (Å²) >= 11 is 5.75. The highest BCUT2D eigenvalue weighted by Gasteiger charge is 2.23. The predicted molar refractivity (Wildman–Crippen MR) is 175 cm³/mol. The van der Waals surface area contributed by atoms with Crippen molar-refractivity contribution in [2.75, 3.05) is 57.9 Å². The predicted octanol–water partition coefficient (Wildman–Crippen LogP) is 4.67. The fraction of sp³-hybridized carbons (Fsp3) is 0.394. The minimum Gasteiger partial charge on any atom is -0.493 e. The monoisotopic (exact) mass is 597 g/mol. The molecule has 224 valence electrons. The third-order valence-electron chi connectivity index (χ3n) is 8.29. The summed E-state index contributed by atoms with van der Waals surface area (Å²) in [6.45, 7) is 6.71. The highest BCUT2D eigenvalue weighted by atomic mass is 32.1. The number of piperazine rings is 1. The van der Waals surface area contributed by atoms with Crippen LogP contribution in [0.25, 0.3) is 22.2 Å². The fourth-order valence-electron chi connectivity index (χ4n) is 5.80. The molecule has 0 saturated carbocycles. The number of anilines is 1. The van der Waals surface area contributed by atoms with Crippen molar-refractivity contribution in [3.05, 3.63) is 72.7 Å². The van der Waals surface area contributed by atoms with Crippen molar-refractivity contribution in [3.8, 4) is 22.8 Å². The molecule has 2 aliphatic rings. The smallest absolute Gasteiger partial charge is 0.169 e. The van der Waals surface area contributed by atoms with Crippen LogP contribution >= 0.6 is 12.2 Å². The molecule has 0 amide bonds. The van der Waals surface area contributed by atoms with Crippen molar-refractivity contribution in [1.82, 2.24) is 30.5 Å². The van der Waals surface area contributed by atoms with Gasteiger partial charge in [-0.2, -0.15) is 0 Å². The van der Waals surface area contributed by atoms with Gasteiger partial charge in [0.15, 0.2) is 16.6 Å². The Morgan fingerprint density at radius 1 is 1.02 bits per heavy atom. The molecule has 0 radical (unpaired) electrons. The van der Waals surface area contributed by atoms with Crippen molar-refractivity contribution in [2.24, 2.45) is 5.92 Å². The van der Waals surface area contributed by atoms with Crippen LogP contribution in [0.5, 0.6) is 11.5 Å². The highest BCUT2D eigenvalue weighted by Crippen LogP contribution is 2.35. The lowest BCUT2D eigenvalue weighted by molar-refractivity contribution is 0.245. The SMILES string of the molecule is COc1cc2c(N3CCN(C(=S)NCc4ccc(-c5ccccc5)nc4)CC3)ncnc2cc1OCCC1CCCNC1. The third-order valence-corrected chi connectivity index (χ3v) is 8.69. The first-order valence-corrected chi connectivity index (χ1v) is 15.5. The van der Waals surface area contributed by atoms with Crippen LogP contribution in [0.2, 0.25) is 0 Å². The molecular formula is C33H39N7O2S. The molecule has 10 heteroatoms. The molecule has 2 N–H and O–H groups in total. The Balaban J connectivity index is 1.04. The summed E-state index contributed by atoms with van der Waals surface area (Å²) in [6.07, 6.45) is 7.08. The molecule has 0 aliphatic carbocycles. The Kier molecular flexibility index (Phi) is 9.44. The number of aromatic nitrogens is 3. The number of nitrogens with one attached hydrogen (secondary N) is 2. The largest absolute Gasteiger partial charge is 0.493 e. The van der Waals surface area contributed by atoms with Crippen molar-refractivity contribution < 1.29 is 9.47 Å². The molecule has 1 atom stereocenters. The average molecular weight is 598 g/mol. The van der Waals surface area contributed by atoms with Crippen LogP contribution in [0, 0.1) is 5.92 Å². The molecule has 2 aromatic carbocycles. The molecule has 2 fully saturated rings. The minimum atomic E-state index is 0.638. The molecule has 6 rings (SSSR count). The van der Waals surface area contributed by atoms with E-state index in [9.17, 15) is 0 Å². The Bertz CT molecular complexity index is 1510. The zero-order chi connectivity index (χ0) is 29.4. The summed E-state index contributed by atoms with van der Waals surface area (Å²) in [6, 6.07) is 18.3. The number of hydrogen-bond acceptors (Lipinski definition) is 8. The average Bonchev–Trinajstić information content (AvgIpc) is 3.08. The van der Waals surface area contributed by atoms with Crippen molar-refractivity contribution in [3.63, 3.8) is 0 Å². The number of methoxy groups -OCH3 is 1. The standard InChI is InChI=1S/C33H39N7O2S/c1-41-30-18-27-29(19-31(30)42-17-11-24-6-5-12-34-20-24)37-23-38-32(27)39-13-15-40(16-14-39)33(43)36-22-25-9-10-28(35-21-25)26-7-3-2-4-8-26/h2-4,7-10,18-19,21,23-24,34H,5-6,11-17,20,22H2,1H3,(H,36,43). The van der Waals surface area contributed by atoms with Crippen LogP contribution in [-0.2, 0) is 6.54 Å². The first kappa shape index (κ1) is 29.1. The second-order valence-corrected chi connectivity index (χ2v) is 11.5. The number of fused-ring (bicyclic) bond motifs is 1. The zero-order valence-corrected chi connectivity index (χ0v) is 25.5. The summed E-state index contributed by atoms with van der Waals surface area (Å²) in [5.74, 6) is 3.01. The first-order valence-electron chi connectivity index (χ1n) is 15.1. The van der Waals surface area contributed by atoms with Crippen molar-refractivity contribution >= 4 is 34.1 Å². The normalized spacial score (nSPS) is 17.1. The lowest BCUT2D eigenvalue weighted by atomic mass is 9.97. The van der Waals surface area contributed by atoms with E-state index in [4.69, 9.17) is 21.7 Å². The van der Waals surface area contributed by atoms with E-state index in [1.54, 1.807) is 13.4 Å². The van der Waals surface area contributed by atoms with E-state index in [-0.39, 0.29) is 0 Å². The van der Waals surface area contributed by atoms with E-state index < -0.39 is 0 Å². The Morgan fingerprint density at radius 2 is 1.88 bits per heavy atom. The van der Waals surface area contributed by atoms with E-state index in [0.29, 0.717) is 24.8 Å². The summed E-state index contributed by atoms with van der Waals surface area (Å²) in [5.41, 5.74) is 4.03. The summed E-state index contributed by atoms with van der Waals surface area (Å²) in [7, 11) is 1.68. The molecule has 0 bridgehead atoms. The lowest BCUT2D eigenvalue weighted by Gasteiger charge is -2.37. The number of hydrogen-bond donors (Lipinski definition) is 2. The Hall–Kier alpha value is -4.02. The molecule has 0 spiro atoms. The maximum Gasteiger partial charge on any atom is 0.169 e. The summed E-state index contributed by atoms with van der Waals surface area (Å²) in [4.78, 5) is 18.4. The van der Waals surface area contributed by atoms with Crippen molar-refractivity contribution in [2.45, 2.75) is 25.8 Å². The maximum atomic E-state index is 6.19. The van der Waals surface area contributed by atoms with Crippen LogP contribution < -0.4 is 25.0 Å². The topological polar surface area (TPSA) is 87.7 Å². The molecule has 43 heavy (non-hydrogen) atoms. The number of ether oxygens (including phenoxy) is 2. The summed E-state index contributed by atoms with van der Waals surface area (Å²) < 4.78 is 11.9. The van der Waals surface area contributed by atoms with Crippen molar-refractivity contribution in [1.29, 1.82) is 0 Å². The van der Waals surface area contributed by atoms with E-state index >= 15 is 0 Å². The van der Waals surface area contributed by atoms with Gasteiger partial charge in [-0.3, -0.25) is 4.98 Å². The molecule has 9 nitrogen and oxygen atoms in total. The zero-order valence-electron chi connectivity index (χ0n) is 24.7. The molecule has 2 aliphatic heterocycles. The van der Waals surface area contributed by atoms with Gasteiger partial charge in [-0.05, 0) is 68.2 Å². The van der Waals surface area contributed by atoms with Crippen LogP contribution in [0.15, 0.2) is 67.1 Å². The molecule has 2 saturated heterocycles. The number of pyridine rings is 1. The van der Waals surface area contributed by atoms with Gasteiger partial charge >= 0.3 is 0 Å². The molecule has 1 unspecified atom stereocenters. The van der Waals surface area contributed by atoms with E-state index in [2.05, 4.69) is 59.7 Å². The van der Waals surface area contributed by atoms with Gasteiger partial charge in [-0.1, -0.05) is 36.4 Å². The van der Waals surface area contributed by atoms with E-state index in [0.717, 1.165) is 90.1 Å². The van der Waals surface area contributed by atoms with Crippen LogP contribution in [-0.4, -0.2) is 77.9 Å². The fourth-order valence-corrected chi connectivity index (χ4v) is 6.05. The molecular weight excluding hydrogens is 558 g/mol. The second kappa shape index (κ2) is 14.0. The van der Waals surface area contributed by atoms with E-state index in [1.165, 1.54) is 12.8 Å². The maximum absolute atomic E-state index is 6.19. The third kappa shape index (κ3) is 7.14. The number of benzene rings is 2. The second-order valence-electron chi connectivity index (χ2n) is 11.1. The van der Waals surface area contributed by atoms with Gasteiger partial charge in [-0.15, -0.1) is 0 Å². The Morgan fingerprint density at radius 3 is 2.63 bits per heavy atom. The van der Waals surface area contributed by atoms with Gasteiger partial charge in [0.2, 0.25) is 0 Å². The Labute approximate surface area is 258 Å². The number of nitrogens with zero attached hydrogens (tertiary/aromatic N) is 5. The quantitative estimate of drug-likeness (QED) is 0.266. The highest BCUT2D eigenvalue weighted by molar-refractivity contribution is 7.80. The van der Waals surface area contributed by atoms with Gasteiger partial charge in [0.1, 0.15) is 12.1 Å². The molecule has 2 aromatic heterocycles. The van der Waals surface area contributed by atoms with Crippen LogP contribution in [0.3, 0.4) is 0 Å². The number of piperidine rings is 1. The van der Waals surface area contributed by atoms with Gasteiger partial charge in [-0.25, -0.2) is 9.97 Å². The van der Waals surface area contributed by atoms with Gasteiger partial charge in [0.05, 0.1) is 24.9 Å². The first-order chi connectivity index (χ1) is 21.2. The summed E-state index contributed by atoms with van der Waals surface area (Å²) in [5, 5.41) is 8.61. The van der Waals surface area contributed by atoms with Gasteiger partial charge < -0.3 is 29.9 Å². The molecule has 4 heterocycles.